The Kier molecular flexibility index (Phi) is 5.14. The first kappa shape index (κ1) is 18.3. The number of carbonyl (C=O) groups is 2. The van der Waals surface area contributed by atoms with Crippen LogP contribution in [0.1, 0.15) is 23.2 Å². The molecule has 10 heteroatoms. The van der Waals surface area contributed by atoms with Gasteiger partial charge >= 0.3 is 5.97 Å². The SMILES string of the molecule is COC(C(=O)N1CCN(S(=O)(=O)c2cc(C(=O)O)cs2)CC1)C1CC1. The molecule has 1 N–H and O–H groups in total. The summed E-state index contributed by atoms with van der Waals surface area (Å²) in [6.45, 7) is 0.995. The molecule has 1 aliphatic heterocycles. The molecule has 2 aliphatic rings. The van der Waals surface area contributed by atoms with Gasteiger partial charge in [-0.25, -0.2) is 13.2 Å². The van der Waals surface area contributed by atoms with E-state index in [0.29, 0.717) is 13.1 Å². The van der Waals surface area contributed by atoms with Crippen molar-refractivity contribution in [3.05, 3.63) is 17.0 Å². The minimum Gasteiger partial charge on any atom is -0.478 e. The number of piperazine rings is 1. The maximum Gasteiger partial charge on any atom is 0.336 e. The summed E-state index contributed by atoms with van der Waals surface area (Å²) in [6, 6.07) is 1.17. The molecule has 1 unspecified atom stereocenters. The summed E-state index contributed by atoms with van der Waals surface area (Å²) in [7, 11) is -2.21. The van der Waals surface area contributed by atoms with E-state index >= 15 is 0 Å². The van der Waals surface area contributed by atoms with Gasteiger partial charge in [-0.15, -0.1) is 11.3 Å². The first-order valence-electron chi connectivity index (χ1n) is 7.98. The lowest BCUT2D eigenvalue weighted by Crippen LogP contribution is -2.53. The molecule has 0 radical (unpaired) electrons. The smallest absolute Gasteiger partial charge is 0.336 e. The van der Waals surface area contributed by atoms with Crippen molar-refractivity contribution in [2.75, 3.05) is 33.3 Å². The lowest BCUT2D eigenvalue weighted by Gasteiger charge is -2.35. The average Bonchev–Trinajstić information content (AvgIpc) is 3.28. The van der Waals surface area contributed by atoms with Crippen LogP contribution in [0.4, 0.5) is 0 Å². The Bertz CT molecular complexity index is 763. The van der Waals surface area contributed by atoms with E-state index in [1.807, 2.05) is 0 Å². The quantitative estimate of drug-likeness (QED) is 0.769. The van der Waals surface area contributed by atoms with Crippen molar-refractivity contribution in [2.24, 2.45) is 5.92 Å². The Balaban J connectivity index is 1.64. The molecule has 1 aromatic heterocycles. The van der Waals surface area contributed by atoms with Gasteiger partial charge in [-0.1, -0.05) is 0 Å². The third kappa shape index (κ3) is 3.71. The van der Waals surface area contributed by atoms with Gasteiger partial charge < -0.3 is 14.7 Å². The maximum atomic E-state index is 12.6. The highest BCUT2D eigenvalue weighted by Crippen LogP contribution is 2.35. The molecule has 1 amide bonds. The highest BCUT2D eigenvalue weighted by atomic mass is 32.2. The van der Waals surface area contributed by atoms with E-state index in [-0.39, 0.29) is 34.7 Å². The topological polar surface area (TPSA) is 104 Å². The average molecular weight is 388 g/mol. The number of methoxy groups -OCH3 is 1. The van der Waals surface area contributed by atoms with Crippen LogP contribution in [0.5, 0.6) is 0 Å². The van der Waals surface area contributed by atoms with Crippen molar-refractivity contribution in [1.29, 1.82) is 0 Å². The normalized spacial score (nSPS) is 20.4. The fourth-order valence-electron chi connectivity index (χ4n) is 2.91. The number of nitrogens with zero attached hydrogens (tertiary/aromatic N) is 2. The fourth-order valence-corrected chi connectivity index (χ4v) is 5.64. The lowest BCUT2D eigenvalue weighted by atomic mass is 10.2. The van der Waals surface area contributed by atoms with Crippen molar-refractivity contribution >= 4 is 33.2 Å². The van der Waals surface area contributed by atoms with Gasteiger partial charge in [0.05, 0.1) is 5.56 Å². The summed E-state index contributed by atoms with van der Waals surface area (Å²) in [5.74, 6) is -0.954. The number of rotatable bonds is 6. The predicted molar refractivity (Wildman–Crippen MR) is 90.1 cm³/mol. The Morgan fingerprint density at radius 2 is 1.92 bits per heavy atom. The molecule has 1 atom stereocenters. The van der Waals surface area contributed by atoms with Crippen LogP contribution < -0.4 is 0 Å². The molecule has 138 valence electrons. The largest absolute Gasteiger partial charge is 0.478 e. The van der Waals surface area contributed by atoms with Gasteiger partial charge in [0.2, 0.25) is 0 Å². The molecule has 0 spiro atoms. The summed E-state index contributed by atoms with van der Waals surface area (Å²) in [5, 5.41) is 10.3. The minimum atomic E-state index is -3.73. The summed E-state index contributed by atoms with van der Waals surface area (Å²) in [6.07, 6.45) is 1.55. The van der Waals surface area contributed by atoms with Crippen LogP contribution in [0.3, 0.4) is 0 Å². The summed E-state index contributed by atoms with van der Waals surface area (Å²) in [4.78, 5) is 25.1. The third-order valence-electron chi connectivity index (χ3n) is 4.51. The number of carbonyl (C=O) groups excluding carboxylic acids is 1. The molecule has 8 nitrogen and oxygen atoms in total. The predicted octanol–water partition coefficient (Wildman–Crippen LogP) is 0.704. The molecule has 0 bridgehead atoms. The second-order valence-electron chi connectivity index (χ2n) is 6.18. The number of hydrogen-bond acceptors (Lipinski definition) is 6. The number of sulfonamides is 1. The van der Waals surface area contributed by atoms with Crippen LogP contribution in [-0.4, -0.2) is 74.0 Å². The maximum absolute atomic E-state index is 12.6. The van der Waals surface area contributed by atoms with Crippen LogP contribution in [-0.2, 0) is 19.6 Å². The van der Waals surface area contributed by atoms with Crippen molar-refractivity contribution in [1.82, 2.24) is 9.21 Å². The molecule has 0 aromatic carbocycles. The van der Waals surface area contributed by atoms with E-state index in [1.165, 1.54) is 22.9 Å². The van der Waals surface area contributed by atoms with E-state index in [1.54, 1.807) is 4.90 Å². The van der Waals surface area contributed by atoms with E-state index in [4.69, 9.17) is 9.84 Å². The van der Waals surface area contributed by atoms with Crippen molar-refractivity contribution in [3.63, 3.8) is 0 Å². The fraction of sp³-hybridized carbons (Fsp3) is 0.600. The first-order valence-corrected chi connectivity index (χ1v) is 10.3. The number of thiophene rings is 1. The highest BCUT2D eigenvalue weighted by Gasteiger charge is 2.40. The van der Waals surface area contributed by atoms with E-state index in [2.05, 4.69) is 0 Å². The van der Waals surface area contributed by atoms with Gasteiger partial charge in [-0.2, -0.15) is 4.31 Å². The van der Waals surface area contributed by atoms with Crippen LogP contribution in [0.2, 0.25) is 0 Å². The zero-order valence-electron chi connectivity index (χ0n) is 13.8. The number of carboxylic acid groups (broad SMARTS) is 1. The summed E-state index contributed by atoms with van der Waals surface area (Å²) >= 11 is 0.895. The highest BCUT2D eigenvalue weighted by molar-refractivity contribution is 7.91. The van der Waals surface area contributed by atoms with Crippen molar-refractivity contribution < 1.29 is 27.9 Å². The van der Waals surface area contributed by atoms with Gasteiger partial charge in [0.25, 0.3) is 15.9 Å². The number of ether oxygens (including phenoxy) is 1. The van der Waals surface area contributed by atoms with Gasteiger partial charge in [-0.3, -0.25) is 4.79 Å². The summed E-state index contributed by atoms with van der Waals surface area (Å²) in [5.41, 5.74) is -0.0373. The lowest BCUT2D eigenvalue weighted by molar-refractivity contribution is -0.144. The molecular formula is C15H20N2O6S2. The van der Waals surface area contributed by atoms with E-state index in [9.17, 15) is 18.0 Å². The van der Waals surface area contributed by atoms with Crippen molar-refractivity contribution in [2.45, 2.75) is 23.2 Å². The number of carboxylic acids is 1. The van der Waals surface area contributed by atoms with Crippen LogP contribution in [0.25, 0.3) is 0 Å². The Morgan fingerprint density at radius 1 is 1.28 bits per heavy atom. The van der Waals surface area contributed by atoms with Crippen LogP contribution in [0, 0.1) is 5.92 Å². The zero-order valence-corrected chi connectivity index (χ0v) is 15.4. The molecule has 1 saturated carbocycles. The Morgan fingerprint density at radius 3 is 2.40 bits per heavy atom. The third-order valence-corrected chi connectivity index (χ3v) is 7.83. The standard InChI is InChI=1S/C15H20N2O6S2/c1-23-13(10-2-3-10)14(18)16-4-6-17(7-5-16)25(21,22)12-8-11(9-24-12)15(19)20/h8-10,13H,2-7H2,1H3,(H,19,20). The second kappa shape index (κ2) is 7.02. The molecule has 2 heterocycles. The van der Waals surface area contributed by atoms with Crippen LogP contribution >= 0.6 is 11.3 Å². The van der Waals surface area contributed by atoms with Gasteiger partial charge in [0.15, 0.2) is 0 Å². The van der Waals surface area contributed by atoms with Gasteiger partial charge in [0, 0.05) is 38.7 Å². The molecule has 2 fully saturated rings. The van der Waals surface area contributed by atoms with Crippen molar-refractivity contribution in [3.8, 4) is 0 Å². The van der Waals surface area contributed by atoms with E-state index < -0.39 is 22.1 Å². The molecular weight excluding hydrogens is 368 g/mol. The van der Waals surface area contributed by atoms with Gasteiger partial charge in [-0.05, 0) is 24.8 Å². The Labute approximate surface area is 150 Å². The molecule has 1 aromatic rings. The van der Waals surface area contributed by atoms with E-state index in [0.717, 1.165) is 24.2 Å². The number of hydrogen-bond donors (Lipinski definition) is 1. The molecule has 1 saturated heterocycles. The number of aromatic carboxylic acids is 1. The molecule has 25 heavy (non-hydrogen) atoms. The monoisotopic (exact) mass is 388 g/mol. The molecule has 1 aliphatic carbocycles. The number of amides is 1. The Hall–Kier alpha value is -1.49. The summed E-state index contributed by atoms with van der Waals surface area (Å²) < 4.78 is 31.9. The van der Waals surface area contributed by atoms with Crippen LogP contribution in [0.15, 0.2) is 15.7 Å². The zero-order chi connectivity index (χ0) is 18.2. The second-order valence-corrected chi connectivity index (χ2v) is 9.26. The first-order chi connectivity index (χ1) is 11.8. The van der Waals surface area contributed by atoms with Gasteiger partial charge in [0.1, 0.15) is 10.3 Å². The molecule has 3 rings (SSSR count). The minimum absolute atomic E-state index is 0.0115.